The molecule has 0 spiro atoms. The smallest absolute Gasteiger partial charge is 0.417 e. The molecule has 0 aromatic heterocycles. The number of nitrogens with zero attached hydrogens (tertiary/aromatic N) is 1. The zero-order chi connectivity index (χ0) is 20.6. The zero-order valence-electron chi connectivity index (χ0n) is 16.6. The molecule has 4 rings (SSSR count). The SMILES string of the molecule is O=C(Nc1ccc(COc2ccccc2)cc1)Oc1ccccc1N1CCOCC1. The van der Waals surface area contributed by atoms with E-state index >= 15 is 0 Å². The number of morpholine rings is 1. The number of carbonyl (C=O) groups excluding carboxylic acids is 1. The normalized spacial score (nSPS) is 13.5. The van der Waals surface area contributed by atoms with Gasteiger partial charge in [-0.25, -0.2) is 4.79 Å². The third kappa shape index (κ3) is 5.30. The lowest BCUT2D eigenvalue weighted by Gasteiger charge is -2.29. The van der Waals surface area contributed by atoms with Gasteiger partial charge in [-0.2, -0.15) is 0 Å². The molecule has 3 aromatic carbocycles. The Morgan fingerprint density at radius 3 is 2.37 bits per heavy atom. The molecular formula is C24H24N2O4. The summed E-state index contributed by atoms with van der Waals surface area (Å²) in [5.41, 5.74) is 2.56. The quantitative estimate of drug-likeness (QED) is 0.645. The van der Waals surface area contributed by atoms with Crippen LogP contribution in [0.25, 0.3) is 0 Å². The second-order valence-corrected chi connectivity index (χ2v) is 6.88. The van der Waals surface area contributed by atoms with Crippen LogP contribution in [0.2, 0.25) is 0 Å². The van der Waals surface area contributed by atoms with Crippen LogP contribution in [-0.4, -0.2) is 32.4 Å². The van der Waals surface area contributed by atoms with Crippen molar-refractivity contribution in [2.45, 2.75) is 6.61 Å². The summed E-state index contributed by atoms with van der Waals surface area (Å²) in [5.74, 6) is 1.35. The van der Waals surface area contributed by atoms with Crippen molar-refractivity contribution in [1.29, 1.82) is 0 Å². The predicted molar refractivity (Wildman–Crippen MR) is 116 cm³/mol. The number of hydrogen-bond donors (Lipinski definition) is 1. The van der Waals surface area contributed by atoms with Gasteiger partial charge in [-0.3, -0.25) is 5.32 Å². The van der Waals surface area contributed by atoms with Gasteiger partial charge >= 0.3 is 6.09 Å². The first-order valence-corrected chi connectivity index (χ1v) is 9.95. The Kier molecular flexibility index (Phi) is 6.47. The van der Waals surface area contributed by atoms with Crippen LogP contribution in [0.5, 0.6) is 11.5 Å². The maximum Gasteiger partial charge on any atom is 0.417 e. The van der Waals surface area contributed by atoms with Crippen molar-refractivity contribution in [1.82, 2.24) is 0 Å². The third-order valence-corrected chi connectivity index (χ3v) is 4.77. The van der Waals surface area contributed by atoms with E-state index in [0.29, 0.717) is 31.3 Å². The van der Waals surface area contributed by atoms with Gasteiger partial charge in [-0.1, -0.05) is 42.5 Å². The van der Waals surface area contributed by atoms with E-state index in [4.69, 9.17) is 14.2 Å². The van der Waals surface area contributed by atoms with Crippen LogP contribution < -0.4 is 19.7 Å². The Morgan fingerprint density at radius 2 is 1.60 bits per heavy atom. The maximum atomic E-state index is 12.4. The highest BCUT2D eigenvalue weighted by atomic mass is 16.6. The fourth-order valence-corrected chi connectivity index (χ4v) is 3.22. The average molecular weight is 404 g/mol. The number of hydrogen-bond acceptors (Lipinski definition) is 5. The van der Waals surface area contributed by atoms with Crippen molar-refractivity contribution in [3.8, 4) is 11.5 Å². The van der Waals surface area contributed by atoms with Crippen LogP contribution in [0.4, 0.5) is 16.2 Å². The summed E-state index contributed by atoms with van der Waals surface area (Å²) in [7, 11) is 0. The predicted octanol–water partition coefficient (Wildman–Crippen LogP) is 4.71. The number of carbonyl (C=O) groups is 1. The van der Waals surface area contributed by atoms with Gasteiger partial charge in [0.15, 0.2) is 5.75 Å². The standard InChI is InChI=1S/C24H24N2O4/c27-24(30-23-9-5-4-8-22(23)26-14-16-28-17-15-26)25-20-12-10-19(11-13-20)18-29-21-6-2-1-3-7-21/h1-13H,14-18H2,(H,25,27). The van der Waals surface area contributed by atoms with Crippen molar-refractivity contribution in [3.05, 3.63) is 84.4 Å². The molecule has 1 amide bonds. The average Bonchev–Trinajstić information content (AvgIpc) is 2.80. The highest BCUT2D eigenvalue weighted by Gasteiger charge is 2.17. The fourth-order valence-electron chi connectivity index (χ4n) is 3.22. The number of amides is 1. The highest BCUT2D eigenvalue weighted by molar-refractivity contribution is 5.87. The molecule has 1 saturated heterocycles. The second kappa shape index (κ2) is 9.80. The molecule has 1 fully saturated rings. The van der Waals surface area contributed by atoms with E-state index in [1.54, 1.807) is 6.07 Å². The van der Waals surface area contributed by atoms with E-state index in [-0.39, 0.29) is 0 Å². The first-order chi connectivity index (χ1) is 14.8. The van der Waals surface area contributed by atoms with Gasteiger partial charge in [0.2, 0.25) is 0 Å². The van der Waals surface area contributed by atoms with E-state index in [1.807, 2.05) is 72.8 Å². The first kappa shape index (κ1) is 19.8. The van der Waals surface area contributed by atoms with Crippen molar-refractivity contribution < 1.29 is 19.0 Å². The molecule has 6 nitrogen and oxygen atoms in total. The van der Waals surface area contributed by atoms with Crippen LogP contribution in [-0.2, 0) is 11.3 Å². The van der Waals surface area contributed by atoms with Crippen molar-refractivity contribution in [3.63, 3.8) is 0 Å². The minimum absolute atomic E-state index is 0.460. The van der Waals surface area contributed by atoms with Crippen LogP contribution in [0, 0.1) is 0 Å². The molecule has 0 radical (unpaired) electrons. The summed E-state index contributed by atoms with van der Waals surface area (Å²) in [4.78, 5) is 14.6. The van der Waals surface area contributed by atoms with Gasteiger partial charge in [0.25, 0.3) is 0 Å². The summed E-state index contributed by atoms with van der Waals surface area (Å²) in [6.07, 6.45) is -0.524. The molecule has 1 heterocycles. The van der Waals surface area contributed by atoms with E-state index in [9.17, 15) is 4.79 Å². The number of rotatable bonds is 6. The Balaban J connectivity index is 1.33. The molecule has 6 heteroatoms. The largest absolute Gasteiger partial charge is 0.489 e. The van der Waals surface area contributed by atoms with E-state index in [2.05, 4.69) is 10.2 Å². The van der Waals surface area contributed by atoms with Gasteiger partial charge in [-0.05, 0) is 42.0 Å². The number of benzene rings is 3. The third-order valence-electron chi connectivity index (χ3n) is 4.77. The lowest BCUT2D eigenvalue weighted by atomic mass is 10.2. The van der Waals surface area contributed by atoms with Gasteiger partial charge in [-0.15, -0.1) is 0 Å². The van der Waals surface area contributed by atoms with Crippen molar-refractivity contribution >= 4 is 17.5 Å². The zero-order valence-corrected chi connectivity index (χ0v) is 16.6. The second-order valence-electron chi connectivity index (χ2n) is 6.88. The first-order valence-electron chi connectivity index (χ1n) is 9.95. The van der Waals surface area contributed by atoms with Crippen molar-refractivity contribution in [2.75, 3.05) is 36.5 Å². The molecule has 1 aliphatic heterocycles. The molecule has 3 aromatic rings. The molecule has 0 saturated carbocycles. The van der Waals surface area contributed by atoms with Gasteiger partial charge in [0.1, 0.15) is 12.4 Å². The van der Waals surface area contributed by atoms with Crippen LogP contribution in [0.15, 0.2) is 78.9 Å². The summed E-state index contributed by atoms with van der Waals surface area (Å²) >= 11 is 0. The molecule has 0 atom stereocenters. The van der Waals surface area contributed by atoms with E-state index < -0.39 is 6.09 Å². The Hall–Kier alpha value is -3.51. The summed E-state index contributed by atoms with van der Waals surface area (Å²) in [6, 6.07) is 24.7. The molecule has 154 valence electrons. The minimum atomic E-state index is -0.524. The highest BCUT2D eigenvalue weighted by Crippen LogP contribution is 2.29. The van der Waals surface area contributed by atoms with Crippen molar-refractivity contribution in [2.24, 2.45) is 0 Å². The topological polar surface area (TPSA) is 60.0 Å². The maximum absolute atomic E-state index is 12.4. The molecule has 0 aliphatic carbocycles. The Labute approximate surface area is 176 Å². The molecule has 30 heavy (non-hydrogen) atoms. The Morgan fingerprint density at radius 1 is 0.900 bits per heavy atom. The van der Waals surface area contributed by atoms with E-state index in [1.165, 1.54) is 0 Å². The van der Waals surface area contributed by atoms with Crippen LogP contribution >= 0.6 is 0 Å². The number of para-hydroxylation sites is 3. The van der Waals surface area contributed by atoms with E-state index in [0.717, 1.165) is 30.1 Å². The monoisotopic (exact) mass is 404 g/mol. The summed E-state index contributed by atoms with van der Waals surface area (Å²) in [6.45, 7) is 3.34. The fraction of sp³-hybridized carbons (Fsp3) is 0.208. The number of nitrogens with one attached hydrogen (secondary N) is 1. The number of anilines is 2. The molecule has 0 unspecified atom stereocenters. The number of ether oxygens (including phenoxy) is 3. The lowest BCUT2D eigenvalue weighted by Crippen LogP contribution is -2.36. The van der Waals surface area contributed by atoms with Gasteiger partial charge in [0.05, 0.1) is 18.9 Å². The molecule has 0 bridgehead atoms. The Bertz CT molecular complexity index is 954. The van der Waals surface area contributed by atoms with Crippen LogP contribution in [0.3, 0.4) is 0 Å². The minimum Gasteiger partial charge on any atom is -0.489 e. The molecule has 1 N–H and O–H groups in total. The van der Waals surface area contributed by atoms with Gasteiger partial charge < -0.3 is 19.1 Å². The molecular weight excluding hydrogens is 380 g/mol. The summed E-state index contributed by atoms with van der Waals surface area (Å²) in [5, 5.41) is 2.78. The van der Waals surface area contributed by atoms with Gasteiger partial charge in [0, 0.05) is 18.8 Å². The summed E-state index contributed by atoms with van der Waals surface area (Å²) < 4.78 is 16.7. The lowest BCUT2D eigenvalue weighted by molar-refractivity contribution is 0.122. The molecule has 1 aliphatic rings. The van der Waals surface area contributed by atoms with Crippen LogP contribution in [0.1, 0.15) is 5.56 Å².